The largest absolute Gasteiger partial charge is 0.365 e. The Morgan fingerprint density at radius 3 is 2.82 bits per heavy atom. The molecule has 0 spiro atoms. The van der Waals surface area contributed by atoms with Crippen LogP contribution in [0.3, 0.4) is 0 Å². The Labute approximate surface area is 130 Å². The first-order chi connectivity index (χ1) is 10.5. The van der Waals surface area contributed by atoms with E-state index < -0.39 is 0 Å². The van der Waals surface area contributed by atoms with E-state index in [1.165, 1.54) is 0 Å². The second-order valence-electron chi connectivity index (χ2n) is 6.37. The van der Waals surface area contributed by atoms with Crippen molar-refractivity contribution in [2.45, 2.75) is 57.3 Å². The van der Waals surface area contributed by atoms with Crippen LogP contribution in [0.2, 0.25) is 0 Å². The van der Waals surface area contributed by atoms with Gasteiger partial charge in [-0.3, -0.25) is 14.3 Å². The molecule has 1 amide bonds. The Morgan fingerprint density at radius 2 is 2.18 bits per heavy atom. The summed E-state index contributed by atoms with van der Waals surface area (Å²) < 4.78 is 7.31. The fourth-order valence-electron chi connectivity index (χ4n) is 3.40. The Hall–Kier alpha value is -1.69. The quantitative estimate of drug-likeness (QED) is 0.792. The lowest BCUT2D eigenvalue weighted by Crippen LogP contribution is -2.42. The number of aryl methyl sites for hydroxylation is 1. The molecule has 120 valence electrons. The maximum atomic E-state index is 12.6. The summed E-state index contributed by atoms with van der Waals surface area (Å²) >= 11 is 0. The molecule has 1 aromatic rings. The van der Waals surface area contributed by atoms with Gasteiger partial charge in [0.1, 0.15) is 6.10 Å². The molecule has 2 saturated heterocycles. The fraction of sp³-hybridized carbons (Fsp3) is 0.688. The number of nitrogens with zero attached hydrogens (tertiary/aromatic N) is 3. The Morgan fingerprint density at radius 1 is 1.36 bits per heavy atom. The third kappa shape index (κ3) is 3.06. The van der Waals surface area contributed by atoms with E-state index in [2.05, 4.69) is 5.10 Å². The van der Waals surface area contributed by atoms with Crippen molar-refractivity contribution in [2.24, 2.45) is 7.05 Å². The van der Waals surface area contributed by atoms with E-state index in [9.17, 15) is 9.59 Å². The number of aromatic nitrogens is 2. The second-order valence-corrected chi connectivity index (χ2v) is 6.37. The summed E-state index contributed by atoms with van der Waals surface area (Å²) in [6.07, 6.45) is 7.11. The van der Waals surface area contributed by atoms with Crippen LogP contribution < -0.4 is 0 Å². The number of hydrogen-bond acceptors (Lipinski definition) is 4. The van der Waals surface area contributed by atoms with Crippen LogP contribution in [0.5, 0.6) is 0 Å². The lowest BCUT2D eigenvalue weighted by Gasteiger charge is -2.26. The Bertz CT molecular complexity index is 569. The van der Waals surface area contributed by atoms with Gasteiger partial charge in [-0.2, -0.15) is 5.10 Å². The summed E-state index contributed by atoms with van der Waals surface area (Å²) in [5, 5.41) is 4.03. The van der Waals surface area contributed by atoms with Crippen molar-refractivity contribution in [3.8, 4) is 0 Å². The average molecular weight is 305 g/mol. The van der Waals surface area contributed by atoms with E-state index in [0.717, 1.165) is 32.2 Å². The third-order valence-corrected chi connectivity index (χ3v) is 4.62. The lowest BCUT2D eigenvalue weighted by molar-refractivity contribution is -0.143. The number of likely N-dealkylation sites (tertiary alicyclic amines) is 1. The van der Waals surface area contributed by atoms with Gasteiger partial charge in [-0.1, -0.05) is 0 Å². The molecule has 2 aliphatic heterocycles. The highest BCUT2D eigenvalue weighted by Gasteiger charge is 2.37. The summed E-state index contributed by atoms with van der Waals surface area (Å²) in [7, 11) is 1.79. The molecule has 0 aliphatic carbocycles. The molecular formula is C16H23N3O3. The minimum atomic E-state index is -0.316. The number of ether oxygens (including phenoxy) is 1. The van der Waals surface area contributed by atoms with E-state index in [0.29, 0.717) is 12.0 Å². The topological polar surface area (TPSA) is 64.4 Å². The van der Waals surface area contributed by atoms with Crippen molar-refractivity contribution in [1.29, 1.82) is 0 Å². The first-order valence-electron chi connectivity index (χ1n) is 8.02. The monoisotopic (exact) mass is 305 g/mol. The van der Waals surface area contributed by atoms with Crippen molar-refractivity contribution < 1.29 is 14.3 Å². The van der Waals surface area contributed by atoms with Crippen molar-refractivity contribution in [3.63, 3.8) is 0 Å². The SMILES string of the molecule is C[C@@H]1CC[C@H](C(=O)N2CCC[C@@H]2CC(=O)c2cnn(C)c2)O1. The summed E-state index contributed by atoms with van der Waals surface area (Å²) in [5.74, 6) is 0.115. The van der Waals surface area contributed by atoms with E-state index in [4.69, 9.17) is 4.74 Å². The van der Waals surface area contributed by atoms with Gasteiger partial charge >= 0.3 is 0 Å². The van der Waals surface area contributed by atoms with Crippen molar-refractivity contribution in [3.05, 3.63) is 18.0 Å². The minimum Gasteiger partial charge on any atom is -0.365 e. The van der Waals surface area contributed by atoms with Gasteiger partial charge in [-0.15, -0.1) is 0 Å². The highest BCUT2D eigenvalue weighted by molar-refractivity contribution is 5.96. The summed E-state index contributed by atoms with van der Waals surface area (Å²) in [5.41, 5.74) is 0.618. The number of amides is 1. The van der Waals surface area contributed by atoms with Gasteiger partial charge in [-0.05, 0) is 32.6 Å². The van der Waals surface area contributed by atoms with Gasteiger partial charge in [0.25, 0.3) is 5.91 Å². The zero-order valence-corrected chi connectivity index (χ0v) is 13.2. The molecule has 2 aliphatic rings. The fourth-order valence-corrected chi connectivity index (χ4v) is 3.40. The number of carbonyl (C=O) groups is 2. The normalized spacial score (nSPS) is 28.3. The third-order valence-electron chi connectivity index (χ3n) is 4.62. The number of rotatable bonds is 4. The van der Waals surface area contributed by atoms with Crippen LogP contribution in [0, 0.1) is 0 Å². The lowest BCUT2D eigenvalue weighted by atomic mass is 10.0. The van der Waals surface area contributed by atoms with E-state index in [-0.39, 0.29) is 29.9 Å². The van der Waals surface area contributed by atoms with Crippen LogP contribution >= 0.6 is 0 Å². The zero-order valence-electron chi connectivity index (χ0n) is 13.2. The van der Waals surface area contributed by atoms with Gasteiger partial charge in [-0.25, -0.2) is 0 Å². The van der Waals surface area contributed by atoms with Gasteiger partial charge in [0.05, 0.1) is 17.9 Å². The first-order valence-corrected chi connectivity index (χ1v) is 8.02. The van der Waals surface area contributed by atoms with E-state index in [1.54, 1.807) is 24.1 Å². The van der Waals surface area contributed by atoms with Gasteiger partial charge in [0, 0.05) is 32.3 Å². The molecule has 2 fully saturated rings. The molecular weight excluding hydrogens is 282 g/mol. The molecule has 6 heteroatoms. The summed E-state index contributed by atoms with van der Waals surface area (Å²) in [4.78, 5) is 26.8. The first kappa shape index (κ1) is 15.2. The smallest absolute Gasteiger partial charge is 0.251 e. The number of Topliss-reactive ketones (excluding diaryl/α,β-unsaturated/α-hetero) is 1. The molecule has 22 heavy (non-hydrogen) atoms. The van der Waals surface area contributed by atoms with Gasteiger partial charge in [0.15, 0.2) is 5.78 Å². The van der Waals surface area contributed by atoms with E-state index >= 15 is 0 Å². The van der Waals surface area contributed by atoms with Crippen LogP contribution in [0.4, 0.5) is 0 Å². The molecule has 0 N–H and O–H groups in total. The van der Waals surface area contributed by atoms with Crippen LogP contribution in [0.15, 0.2) is 12.4 Å². The molecule has 3 heterocycles. The highest BCUT2D eigenvalue weighted by Crippen LogP contribution is 2.27. The zero-order chi connectivity index (χ0) is 15.7. The molecule has 3 atom stereocenters. The summed E-state index contributed by atoms with van der Waals surface area (Å²) in [6.45, 7) is 2.73. The molecule has 1 aromatic heterocycles. The van der Waals surface area contributed by atoms with Crippen molar-refractivity contribution in [1.82, 2.24) is 14.7 Å². The molecule has 6 nitrogen and oxygen atoms in total. The standard InChI is InChI=1S/C16H23N3O3/c1-11-5-6-15(22-11)16(21)19-7-3-4-13(19)8-14(20)12-9-17-18(2)10-12/h9-11,13,15H,3-8H2,1-2H3/t11-,13-,15-/m1/s1. The van der Waals surface area contributed by atoms with Crippen LogP contribution in [0.25, 0.3) is 0 Å². The van der Waals surface area contributed by atoms with Crippen molar-refractivity contribution in [2.75, 3.05) is 6.54 Å². The van der Waals surface area contributed by atoms with Crippen LogP contribution in [-0.4, -0.2) is 51.2 Å². The minimum absolute atomic E-state index is 0.000266. The number of carbonyl (C=O) groups excluding carboxylic acids is 2. The maximum Gasteiger partial charge on any atom is 0.251 e. The number of hydrogen-bond donors (Lipinski definition) is 0. The predicted octanol–water partition coefficient (Wildman–Crippen LogP) is 1.55. The molecule has 0 unspecified atom stereocenters. The number of ketones is 1. The summed E-state index contributed by atoms with van der Waals surface area (Å²) in [6, 6.07) is -0.000266. The molecule has 0 bridgehead atoms. The Balaban J connectivity index is 1.63. The predicted molar refractivity (Wildman–Crippen MR) is 80.5 cm³/mol. The molecule has 3 rings (SSSR count). The second kappa shape index (κ2) is 6.20. The maximum absolute atomic E-state index is 12.6. The molecule has 0 radical (unpaired) electrons. The van der Waals surface area contributed by atoms with Crippen LogP contribution in [0.1, 0.15) is 49.4 Å². The molecule has 0 saturated carbocycles. The highest BCUT2D eigenvalue weighted by atomic mass is 16.5. The molecule has 0 aromatic carbocycles. The Kier molecular flexibility index (Phi) is 4.29. The average Bonchev–Trinajstić information content (AvgIpc) is 3.19. The van der Waals surface area contributed by atoms with Crippen molar-refractivity contribution >= 4 is 11.7 Å². The van der Waals surface area contributed by atoms with Crippen LogP contribution in [-0.2, 0) is 16.6 Å². The van der Waals surface area contributed by atoms with Gasteiger partial charge < -0.3 is 9.64 Å². The van der Waals surface area contributed by atoms with E-state index in [1.807, 2.05) is 11.8 Å². The van der Waals surface area contributed by atoms with Gasteiger partial charge in [0.2, 0.25) is 0 Å².